The van der Waals surface area contributed by atoms with Crippen LogP contribution < -0.4 is 4.90 Å². The number of aromatic amines is 2. The van der Waals surface area contributed by atoms with E-state index in [1.165, 1.54) is 24.3 Å². The highest BCUT2D eigenvalue weighted by molar-refractivity contribution is 6.15. The number of carbonyl (C=O) groups excluding carboxylic acids is 1. The number of carbonyl (C=O) groups is 1. The maximum atomic E-state index is 14.3. The van der Waals surface area contributed by atoms with Gasteiger partial charge < -0.3 is 14.9 Å². The van der Waals surface area contributed by atoms with Gasteiger partial charge in [0.25, 0.3) is 0 Å². The van der Waals surface area contributed by atoms with Crippen LogP contribution in [0, 0.1) is 18.6 Å². The maximum Gasteiger partial charge on any atom is 0.248 e. The number of aryl methyl sites for hydroxylation is 1. The van der Waals surface area contributed by atoms with Crippen molar-refractivity contribution in [2.24, 2.45) is 0 Å². The van der Waals surface area contributed by atoms with Crippen molar-refractivity contribution >= 4 is 33.4 Å². The lowest BCUT2D eigenvalue weighted by atomic mass is 9.71. The van der Waals surface area contributed by atoms with E-state index in [-0.39, 0.29) is 17.5 Å². The number of hydrogen-bond donors (Lipinski definition) is 2. The number of aromatic nitrogens is 2. The van der Waals surface area contributed by atoms with Crippen LogP contribution in [-0.2, 0) is 10.2 Å². The average Bonchev–Trinajstić information content (AvgIpc) is 3.42. The summed E-state index contributed by atoms with van der Waals surface area (Å²) >= 11 is 0. The third-order valence-electron chi connectivity index (χ3n) is 6.74. The van der Waals surface area contributed by atoms with Gasteiger partial charge in [-0.2, -0.15) is 0 Å². The molecule has 0 fully saturated rings. The molecule has 1 atom stereocenters. The van der Waals surface area contributed by atoms with E-state index in [9.17, 15) is 13.6 Å². The highest BCUT2D eigenvalue weighted by Gasteiger charge is 2.55. The SMILES string of the molecule is Cc1c([C@]2(c3c[nH]c4ccc(F)cc34)C(=O)N(C)c3ccccc32)[nH]c2ccc(F)cc12. The van der Waals surface area contributed by atoms with E-state index < -0.39 is 5.41 Å². The van der Waals surface area contributed by atoms with Gasteiger partial charge in [0.2, 0.25) is 5.91 Å². The number of halogens is 2. The van der Waals surface area contributed by atoms with Gasteiger partial charge in [0.05, 0.1) is 0 Å². The highest BCUT2D eigenvalue weighted by Crippen LogP contribution is 2.52. The van der Waals surface area contributed by atoms with Gasteiger partial charge in [-0.3, -0.25) is 4.79 Å². The summed E-state index contributed by atoms with van der Waals surface area (Å²) in [6.07, 6.45) is 1.78. The topological polar surface area (TPSA) is 51.9 Å². The fourth-order valence-electron chi connectivity index (χ4n) is 5.27. The van der Waals surface area contributed by atoms with Crippen molar-refractivity contribution < 1.29 is 13.6 Å². The molecule has 32 heavy (non-hydrogen) atoms. The number of H-pyrrole nitrogens is 2. The third-order valence-corrected chi connectivity index (χ3v) is 6.74. The number of rotatable bonds is 2. The number of amides is 1. The van der Waals surface area contributed by atoms with Crippen molar-refractivity contribution in [3.8, 4) is 0 Å². The second-order valence-electron chi connectivity index (χ2n) is 8.34. The molecule has 2 aromatic heterocycles. The van der Waals surface area contributed by atoms with Gasteiger partial charge in [-0.25, -0.2) is 8.78 Å². The van der Waals surface area contributed by atoms with Crippen LogP contribution in [0.5, 0.6) is 0 Å². The van der Waals surface area contributed by atoms with Crippen LogP contribution in [0.1, 0.15) is 22.4 Å². The molecule has 5 aromatic rings. The summed E-state index contributed by atoms with van der Waals surface area (Å²) < 4.78 is 28.4. The Morgan fingerprint density at radius 3 is 2.34 bits per heavy atom. The molecule has 6 heteroatoms. The summed E-state index contributed by atoms with van der Waals surface area (Å²) in [7, 11) is 1.75. The Morgan fingerprint density at radius 1 is 0.875 bits per heavy atom. The Balaban J connectivity index is 1.80. The quantitative estimate of drug-likeness (QED) is 0.382. The summed E-state index contributed by atoms with van der Waals surface area (Å²) in [5, 5.41) is 1.35. The van der Waals surface area contributed by atoms with Crippen molar-refractivity contribution in [1.82, 2.24) is 9.97 Å². The van der Waals surface area contributed by atoms with Crippen LogP contribution in [0.15, 0.2) is 66.9 Å². The number of fused-ring (bicyclic) bond motifs is 3. The molecule has 3 heterocycles. The zero-order valence-electron chi connectivity index (χ0n) is 17.5. The number of anilines is 1. The minimum Gasteiger partial charge on any atom is -0.361 e. The van der Waals surface area contributed by atoms with E-state index in [1.54, 1.807) is 30.3 Å². The first-order valence-corrected chi connectivity index (χ1v) is 10.4. The van der Waals surface area contributed by atoms with Gasteiger partial charge in [-0.1, -0.05) is 18.2 Å². The van der Waals surface area contributed by atoms with Gasteiger partial charge in [-0.05, 0) is 55.0 Å². The van der Waals surface area contributed by atoms with E-state index in [1.807, 2.05) is 31.2 Å². The molecule has 0 saturated heterocycles. The Bertz CT molecular complexity index is 1560. The molecule has 1 amide bonds. The molecule has 3 aromatic carbocycles. The fraction of sp³-hybridized carbons (Fsp3) is 0.115. The van der Waals surface area contributed by atoms with Crippen LogP contribution in [-0.4, -0.2) is 22.9 Å². The standard InChI is InChI=1S/C26H19F2N3O/c1-14-17-11-15(27)8-10-22(17)30-24(14)26(19-5-3-4-6-23(19)31(2)25(26)32)20-13-29-21-9-7-16(28)12-18(20)21/h3-13,29-30H,1-2H3/t26-/m0/s1. The molecule has 0 saturated carbocycles. The minimum absolute atomic E-state index is 0.154. The molecule has 6 rings (SSSR count). The summed E-state index contributed by atoms with van der Waals surface area (Å²) in [6, 6.07) is 16.7. The summed E-state index contributed by atoms with van der Waals surface area (Å²) in [5.41, 5.74) is 3.92. The zero-order valence-corrected chi connectivity index (χ0v) is 17.5. The Hall–Kier alpha value is -3.93. The smallest absolute Gasteiger partial charge is 0.248 e. The van der Waals surface area contributed by atoms with Crippen molar-refractivity contribution in [2.45, 2.75) is 12.3 Å². The number of benzene rings is 3. The summed E-state index contributed by atoms with van der Waals surface area (Å²) in [5.74, 6) is -0.875. The molecular formula is C26H19F2N3O. The van der Waals surface area contributed by atoms with Gasteiger partial charge in [0.15, 0.2) is 0 Å². The van der Waals surface area contributed by atoms with Gasteiger partial charge in [-0.15, -0.1) is 0 Å². The first kappa shape index (κ1) is 18.8. The van der Waals surface area contributed by atoms with E-state index >= 15 is 0 Å². The van der Waals surface area contributed by atoms with E-state index in [0.29, 0.717) is 22.0 Å². The molecule has 1 aliphatic heterocycles. The predicted octanol–water partition coefficient (Wildman–Crippen LogP) is 5.55. The second kappa shape index (κ2) is 6.29. The van der Waals surface area contributed by atoms with Crippen LogP contribution in [0.3, 0.4) is 0 Å². The highest BCUT2D eigenvalue weighted by atomic mass is 19.1. The number of likely N-dealkylation sites (N-methyl/N-ethyl adjacent to an activating group) is 1. The lowest BCUT2D eigenvalue weighted by Gasteiger charge is -2.28. The Labute approximate surface area is 182 Å². The molecular weight excluding hydrogens is 408 g/mol. The average molecular weight is 427 g/mol. The normalized spacial score (nSPS) is 18.1. The van der Waals surface area contributed by atoms with Gasteiger partial charge in [0, 0.05) is 57.6 Å². The molecule has 4 nitrogen and oxygen atoms in total. The Kier molecular flexibility index (Phi) is 3.70. The molecule has 158 valence electrons. The molecule has 0 radical (unpaired) electrons. The largest absolute Gasteiger partial charge is 0.361 e. The first-order valence-electron chi connectivity index (χ1n) is 10.4. The third kappa shape index (κ3) is 2.21. The van der Waals surface area contributed by atoms with E-state index in [4.69, 9.17) is 0 Å². The molecule has 0 spiro atoms. The van der Waals surface area contributed by atoms with Gasteiger partial charge in [0.1, 0.15) is 17.0 Å². The van der Waals surface area contributed by atoms with E-state index in [0.717, 1.165) is 27.8 Å². The number of nitrogens with one attached hydrogen (secondary N) is 2. The van der Waals surface area contributed by atoms with Crippen LogP contribution in [0.25, 0.3) is 21.8 Å². The lowest BCUT2D eigenvalue weighted by molar-refractivity contribution is -0.120. The van der Waals surface area contributed by atoms with Gasteiger partial charge >= 0.3 is 0 Å². The van der Waals surface area contributed by atoms with Crippen molar-refractivity contribution in [2.75, 3.05) is 11.9 Å². The van der Waals surface area contributed by atoms with Crippen LogP contribution in [0.4, 0.5) is 14.5 Å². The van der Waals surface area contributed by atoms with Crippen LogP contribution >= 0.6 is 0 Å². The Morgan fingerprint density at radius 2 is 1.56 bits per heavy atom. The second-order valence-corrected chi connectivity index (χ2v) is 8.34. The summed E-state index contributed by atoms with van der Waals surface area (Å²) in [4.78, 5) is 22.4. The molecule has 0 aliphatic carbocycles. The fourth-order valence-corrected chi connectivity index (χ4v) is 5.27. The predicted molar refractivity (Wildman–Crippen MR) is 121 cm³/mol. The lowest BCUT2D eigenvalue weighted by Crippen LogP contribution is -2.41. The van der Waals surface area contributed by atoms with Crippen molar-refractivity contribution in [3.63, 3.8) is 0 Å². The number of hydrogen-bond acceptors (Lipinski definition) is 1. The number of nitrogens with zero attached hydrogens (tertiary/aromatic N) is 1. The van der Waals surface area contributed by atoms with E-state index in [2.05, 4.69) is 9.97 Å². The molecule has 1 aliphatic rings. The van der Waals surface area contributed by atoms with Crippen molar-refractivity contribution in [3.05, 3.63) is 101 Å². The number of para-hydroxylation sites is 1. The molecule has 2 N–H and O–H groups in total. The monoisotopic (exact) mass is 427 g/mol. The van der Waals surface area contributed by atoms with Crippen molar-refractivity contribution in [1.29, 1.82) is 0 Å². The maximum absolute atomic E-state index is 14.3. The molecule has 0 unspecified atom stereocenters. The first-order chi connectivity index (χ1) is 15.4. The van der Waals surface area contributed by atoms with Crippen LogP contribution in [0.2, 0.25) is 0 Å². The summed E-state index contributed by atoms with van der Waals surface area (Å²) in [6.45, 7) is 1.89. The molecule has 0 bridgehead atoms. The minimum atomic E-state index is -1.24. The zero-order chi connectivity index (χ0) is 22.2.